The van der Waals surface area contributed by atoms with Crippen LogP contribution in [0.2, 0.25) is 0 Å². The van der Waals surface area contributed by atoms with Gasteiger partial charge in [0.15, 0.2) is 0 Å². The maximum absolute atomic E-state index is 12.8. The molecule has 1 rings (SSSR count). The molecule has 0 aromatic carbocycles. The lowest BCUT2D eigenvalue weighted by atomic mass is 10.1. The molecule has 2 amide bonds. The Labute approximate surface area is 109 Å². The second-order valence-electron chi connectivity index (χ2n) is 4.57. The van der Waals surface area contributed by atoms with Gasteiger partial charge in [-0.25, -0.2) is 18.4 Å². The lowest BCUT2D eigenvalue weighted by molar-refractivity contribution is -0.141. The van der Waals surface area contributed by atoms with E-state index < -0.39 is 30.4 Å². The van der Waals surface area contributed by atoms with Crippen molar-refractivity contribution in [1.29, 1.82) is 0 Å². The van der Waals surface area contributed by atoms with E-state index in [9.17, 15) is 18.4 Å². The lowest BCUT2D eigenvalue weighted by Gasteiger charge is -2.24. The predicted molar refractivity (Wildman–Crippen MR) is 62.2 cm³/mol. The molecule has 0 aromatic rings. The van der Waals surface area contributed by atoms with E-state index in [0.717, 1.165) is 0 Å². The van der Waals surface area contributed by atoms with Crippen LogP contribution < -0.4 is 5.32 Å². The summed E-state index contributed by atoms with van der Waals surface area (Å²) in [6.45, 7) is 2.24. The quantitative estimate of drug-likeness (QED) is 0.802. The number of urea groups is 1. The zero-order valence-corrected chi connectivity index (χ0v) is 10.7. The van der Waals surface area contributed by atoms with Crippen molar-refractivity contribution in [3.63, 3.8) is 0 Å². The molecular weight excluding hydrogens is 262 g/mol. The molecule has 0 unspecified atom stereocenters. The minimum atomic E-state index is -3.15. The lowest BCUT2D eigenvalue weighted by Crippen LogP contribution is -2.50. The third kappa shape index (κ3) is 5.82. The number of carbonyl (C=O) groups excluding carboxylic acids is 1. The first-order valence-corrected chi connectivity index (χ1v) is 6.03. The first-order valence-electron chi connectivity index (χ1n) is 6.03. The zero-order valence-electron chi connectivity index (χ0n) is 10.7. The van der Waals surface area contributed by atoms with Gasteiger partial charge in [0, 0.05) is 26.1 Å². The monoisotopic (exact) mass is 280 g/mol. The van der Waals surface area contributed by atoms with Crippen LogP contribution >= 0.6 is 0 Å². The normalized spacial score (nSPS) is 18.6. The number of rotatable bonds is 4. The van der Waals surface area contributed by atoms with Gasteiger partial charge in [-0.05, 0) is 13.3 Å². The van der Waals surface area contributed by atoms with Crippen LogP contribution in [0.3, 0.4) is 0 Å². The Morgan fingerprint density at radius 1 is 1.42 bits per heavy atom. The minimum Gasteiger partial charge on any atom is -0.480 e. The van der Waals surface area contributed by atoms with Gasteiger partial charge >= 0.3 is 12.0 Å². The molecule has 1 aliphatic heterocycles. The van der Waals surface area contributed by atoms with Crippen molar-refractivity contribution in [3.05, 3.63) is 0 Å². The number of hydrogen-bond donors (Lipinski definition) is 2. The molecule has 1 fully saturated rings. The Morgan fingerprint density at radius 2 is 2.11 bits per heavy atom. The highest BCUT2D eigenvalue weighted by Gasteiger charge is 2.33. The van der Waals surface area contributed by atoms with Crippen LogP contribution in [0.4, 0.5) is 13.6 Å². The van der Waals surface area contributed by atoms with Gasteiger partial charge in [0.1, 0.15) is 6.04 Å². The van der Waals surface area contributed by atoms with Gasteiger partial charge in [0.2, 0.25) is 5.92 Å². The van der Waals surface area contributed by atoms with Gasteiger partial charge in [-0.3, -0.25) is 0 Å². The first-order chi connectivity index (χ1) is 8.79. The van der Waals surface area contributed by atoms with E-state index >= 15 is 0 Å². The predicted octanol–water partition coefficient (Wildman–Crippen LogP) is 0.917. The Balaban J connectivity index is 2.57. The van der Waals surface area contributed by atoms with Crippen LogP contribution in [0, 0.1) is 0 Å². The molecule has 8 heteroatoms. The molecule has 1 heterocycles. The van der Waals surface area contributed by atoms with Crippen molar-refractivity contribution < 1.29 is 28.2 Å². The molecule has 0 bridgehead atoms. The molecule has 2 N–H and O–H groups in total. The molecule has 0 saturated carbocycles. The summed E-state index contributed by atoms with van der Waals surface area (Å²) in [5, 5.41) is 11.0. The van der Waals surface area contributed by atoms with Crippen LogP contribution in [0.5, 0.6) is 0 Å². The van der Waals surface area contributed by atoms with Crippen LogP contribution in [-0.4, -0.2) is 60.3 Å². The number of nitrogens with one attached hydrogen (secondary N) is 1. The molecule has 0 spiro atoms. The maximum atomic E-state index is 12.8. The van der Waals surface area contributed by atoms with E-state index in [4.69, 9.17) is 9.84 Å². The number of ether oxygens (including phenoxy) is 1. The highest BCUT2D eigenvalue weighted by atomic mass is 19.3. The van der Waals surface area contributed by atoms with E-state index in [1.165, 1.54) is 4.90 Å². The zero-order chi connectivity index (χ0) is 14.5. The summed E-state index contributed by atoms with van der Waals surface area (Å²) in [7, 11) is 0. The largest absolute Gasteiger partial charge is 0.480 e. The average Bonchev–Trinajstić information content (AvgIpc) is 2.54. The van der Waals surface area contributed by atoms with E-state index in [1.54, 1.807) is 0 Å². The Morgan fingerprint density at radius 3 is 2.68 bits per heavy atom. The van der Waals surface area contributed by atoms with E-state index in [0.29, 0.717) is 39.6 Å². The summed E-state index contributed by atoms with van der Waals surface area (Å²) < 4.78 is 30.8. The molecule has 0 aromatic heterocycles. The number of carbonyl (C=O) groups is 2. The molecule has 0 aliphatic carbocycles. The van der Waals surface area contributed by atoms with E-state index in [-0.39, 0.29) is 0 Å². The molecule has 110 valence electrons. The fourth-order valence-electron chi connectivity index (χ4n) is 1.75. The van der Waals surface area contributed by atoms with Crippen LogP contribution in [0.15, 0.2) is 0 Å². The average molecular weight is 280 g/mol. The van der Waals surface area contributed by atoms with Crippen LogP contribution in [0.25, 0.3) is 0 Å². The number of aliphatic carboxylic acids is 1. The molecule has 19 heavy (non-hydrogen) atoms. The van der Waals surface area contributed by atoms with Gasteiger partial charge < -0.3 is 20.1 Å². The van der Waals surface area contributed by atoms with E-state index in [2.05, 4.69) is 5.32 Å². The third-order valence-electron chi connectivity index (χ3n) is 2.67. The second kappa shape index (κ2) is 6.65. The van der Waals surface area contributed by atoms with Gasteiger partial charge in [-0.2, -0.15) is 0 Å². The number of hydrogen-bond acceptors (Lipinski definition) is 3. The molecule has 1 aliphatic rings. The van der Waals surface area contributed by atoms with Gasteiger partial charge in [0.25, 0.3) is 0 Å². The molecule has 1 saturated heterocycles. The van der Waals surface area contributed by atoms with Crippen molar-refractivity contribution in [2.45, 2.75) is 31.7 Å². The topological polar surface area (TPSA) is 78.9 Å². The van der Waals surface area contributed by atoms with Crippen molar-refractivity contribution in [2.24, 2.45) is 0 Å². The number of nitrogens with zero attached hydrogens (tertiary/aromatic N) is 1. The van der Waals surface area contributed by atoms with Crippen LogP contribution in [0.1, 0.15) is 19.8 Å². The highest BCUT2D eigenvalue weighted by molar-refractivity contribution is 5.82. The summed E-state index contributed by atoms with van der Waals surface area (Å²) in [6.07, 6.45) is -0.298. The van der Waals surface area contributed by atoms with E-state index in [1.807, 2.05) is 0 Å². The SMILES string of the molecule is CC(F)(F)C[C@H](NC(=O)N1CCCOCC1)C(=O)O. The maximum Gasteiger partial charge on any atom is 0.326 e. The number of carboxylic acid groups (broad SMARTS) is 1. The smallest absolute Gasteiger partial charge is 0.326 e. The van der Waals surface area contributed by atoms with Gasteiger partial charge in [-0.15, -0.1) is 0 Å². The number of amides is 2. The summed E-state index contributed by atoms with van der Waals surface area (Å²) in [6, 6.07) is -2.25. The number of halogens is 2. The van der Waals surface area contributed by atoms with Gasteiger partial charge in [-0.1, -0.05) is 0 Å². The Kier molecular flexibility index (Phi) is 5.46. The Bertz CT molecular complexity index is 325. The molecular formula is C11H18F2N2O4. The summed E-state index contributed by atoms with van der Waals surface area (Å²) in [5.41, 5.74) is 0. The molecule has 0 radical (unpaired) electrons. The fourth-order valence-corrected chi connectivity index (χ4v) is 1.75. The summed E-state index contributed by atoms with van der Waals surface area (Å²) in [5.74, 6) is -4.63. The standard InChI is InChI=1S/C11H18F2N2O4/c1-11(12,13)7-8(9(16)17)14-10(18)15-3-2-5-19-6-4-15/h8H,2-7H2,1H3,(H,14,18)(H,16,17)/t8-/m0/s1. The summed E-state index contributed by atoms with van der Waals surface area (Å²) in [4.78, 5) is 24.0. The summed E-state index contributed by atoms with van der Waals surface area (Å²) >= 11 is 0. The van der Waals surface area contributed by atoms with Crippen molar-refractivity contribution in [3.8, 4) is 0 Å². The minimum absolute atomic E-state index is 0.320. The second-order valence-corrected chi connectivity index (χ2v) is 4.57. The number of carboxylic acids is 1. The Hall–Kier alpha value is -1.44. The van der Waals surface area contributed by atoms with Crippen molar-refractivity contribution >= 4 is 12.0 Å². The highest BCUT2D eigenvalue weighted by Crippen LogP contribution is 2.19. The third-order valence-corrected chi connectivity index (χ3v) is 2.67. The van der Waals surface area contributed by atoms with Gasteiger partial charge in [0.05, 0.1) is 6.61 Å². The van der Waals surface area contributed by atoms with Crippen molar-refractivity contribution in [2.75, 3.05) is 26.3 Å². The first kappa shape index (κ1) is 15.6. The van der Waals surface area contributed by atoms with Crippen LogP contribution in [-0.2, 0) is 9.53 Å². The van der Waals surface area contributed by atoms with Crippen molar-refractivity contribution in [1.82, 2.24) is 10.2 Å². The fraction of sp³-hybridized carbons (Fsp3) is 0.818. The number of alkyl halides is 2. The molecule has 1 atom stereocenters. The molecule has 6 nitrogen and oxygen atoms in total.